The van der Waals surface area contributed by atoms with Crippen LogP contribution in [0.3, 0.4) is 0 Å². The van der Waals surface area contributed by atoms with Crippen molar-refractivity contribution in [2.24, 2.45) is 0 Å². The van der Waals surface area contributed by atoms with Gasteiger partial charge >= 0.3 is 0 Å². The third-order valence-electron chi connectivity index (χ3n) is 4.75. The van der Waals surface area contributed by atoms with Gasteiger partial charge in [0.05, 0.1) is 17.1 Å². The van der Waals surface area contributed by atoms with Crippen molar-refractivity contribution in [3.63, 3.8) is 0 Å². The van der Waals surface area contributed by atoms with Gasteiger partial charge in [-0.25, -0.2) is 8.42 Å². The molecular formula is C21H22ClN7O3S. The van der Waals surface area contributed by atoms with Crippen LogP contribution in [-0.4, -0.2) is 43.1 Å². The van der Waals surface area contributed by atoms with Gasteiger partial charge in [0, 0.05) is 17.0 Å². The smallest absolute Gasteiger partial charge is 0.243 e. The number of hydrogen-bond donors (Lipinski definition) is 0. The SMILES string of the molecule is CC(C)(C)c1nc(CN(Cc2ccc(-n3ncnn3)cc2)S(=O)(=O)c2ccc(Cl)cc2)no1. The van der Waals surface area contributed by atoms with Crippen LogP contribution in [0.15, 0.2) is 64.3 Å². The topological polar surface area (TPSA) is 120 Å². The van der Waals surface area contributed by atoms with Crippen LogP contribution in [0.25, 0.3) is 5.69 Å². The number of hydrogen-bond acceptors (Lipinski definition) is 8. The molecule has 0 aliphatic heterocycles. The number of rotatable bonds is 7. The van der Waals surface area contributed by atoms with Crippen LogP contribution >= 0.6 is 11.6 Å². The van der Waals surface area contributed by atoms with Gasteiger partial charge in [-0.05, 0) is 47.2 Å². The summed E-state index contributed by atoms with van der Waals surface area (Å²) < 4.78 is 33.6. The van der Waals surface area contributed by atoms with Gasteiger partial charge in [0.15, 0.2) is 12.2 Å². The van der Waals surface area contributed by atoms with E-state index < -0.39 is 10.0 Å². The van der Waals surface area contributed by atoms with E-state index in [4.69, 9.17) is 16.1 Å². The molecule has 2 aromatic carbocycles. The molecule has 33 heavy (non-hydrogen) atoms. The zero-order valence-electron chi connectivity index (χ0n) is 18.3. The summed E-state index contributed by atoms with van der Waals surface area (Å²) in [5, 5.41) is 16.0. The lowest BCUT2D eigenvalue weighted by Crippen LogP contribution is -2.30. The van der Waals surface area contributed by atoms with Crippen LogP contribution in [0.2, 0.25) is 5.02 Å². The number of aromatic nitrogens is 6. The maximum atomic E-state index is 13.5. The molecule has 0 atom stereocenters. The lowest BCUT2D eigenvalue weighted by Gasteiger charge is -2.21. The number of nitrogens with zero attached hydrogens (tertiary/aromatic N) is 7. The van der Waals surface area contributed by atoms with Crippen molar-refractivity contribution in [3.8, 4) is 5.69 Å². The molecule has 0 aliphatic carbocycles. The third-order valence-corrected chi connectivity index (χ3v) is 6.81. The number of tetrazole rings is 1. The highest BCUT2D eigenvalue weighted by molar-refractivity contribution is 7.89. The van der Waals surface area contributed by atoms with Crippen LogP contribution in [0.1, 0.15) is 38.0 Å². The molecule has 172 valence electrons. The van der Waals surface area contributed by atoms with Crippen LogP contribution in [-0.2, 0) is 28.5 Å². The molecule has 4 aromatic rings. The maximum Gasteiger partial charge on any atom is 0.243 e. The Morgan fingerprint density at radius 3 is 2.30 bits per heavy atom. The highest BCUT2D eigenvalue weighted by Crippen LogP contribution is 2.24. The quantitative estimate of drug-likeness (QED) is 0.389. The van der Waals surface area contributed by atoms with Crippen molar-refractivity contribution in [2.45, 2.75) is 44.2 Å². The summed E-state index contributed by atoms with van der Waals surface area (Å²) in [6.45, 7) is 5.86. The van der Waals surface area contributed by atoms with Gasteiger partial charge in [-0.2, -0.15) is 9.29 Å². The molecule has 0 N–H and O–H groups in total. The van der Waals surface area contributed by atoms with Gasteiger partial charge in [-0.1, -0.05) is 49.7 Å². The van der Waals surface area contributed by atoms with Crippen LogP contribution in [0.4, 0.5) is 0 Å². The van der Waals surface area contributed by atoms with E-state index in [1.54, 1.807) is 36.4 Å². The molecule has 0 radical (unpaired) electrons. The molecule has 10 nitrogen and oxygen atoms in total. The number of halogens is 1. The van der Waals surface area contributed by atoms with Gasteiger partial charge in [-0.3, -0.25) is 0 Å². The van der Waals surface area contributed by atoms with E-state index in [-0.39, 0.29) is 29.2 Å². The largest absolute Gasteiger partial charge is 0.339 e. The van der Waals surface area contributed by atoms with Crippen molar-refractivity contribution >= 4 is 21.6 Å². The first kappa shape index (κ1) is 23.0. The zero-order chi connectivity index (χ0) is 23.6. The second-order valence-electron chi connectivity index (χ2n) is 8.38. The van der Waals surface area contributed by atoms with E-state index >= 15 is 0 Å². The van der Waals surface area contributed by atoms with Gasteiger partial charge in [-0.15, -0.1) is 15.0 Å². The molecule has 0 amide bonds. The lowest BCUT2D eigenvalue weighted by atomic mass is 9.97. The van der Waals surface area contributed by atoms with Gasteiger partial charge in [0.1, 0.15) is 0 Å². The second-order valence-corrected chi connectivity index (χ2v) is 10.8. The average Bonchev–Trinajstić information content (AvgIpc) is 3.46. The molecule has 0 fully saturated rings. The Morgan fingerprint density at radius 2 is 1.73 bits per heavy atom. The predicted molar refractivity (Wildman–Crippen MR) is 120 cm³/mol. The zero-order valence-corrected chi connectivity index (χ0v) is 19.8. The summed E-state index contributed by atoms with van der Waals surface area (Å²) >= 11 is 5.95. The lowest BCUT2D eigenvalue weighted by molar-refractivity contribution is 0.313. The summed E-state index contributed by atoms with van der Waals surface area (Å²) in [5.41, 5.74) is 1.11. The Labute approximate surface area is 196 Å². The maximum absolute atomic E-state index is 13.5. The monoisotopic (exact) mass is 487 g/mol. The summed E-state index contributed by atoms with van der Waals surface area (Å²) in [4.78, 5) is 5.89. The van der Waals surface area contributed by atoms with Gasteiger partial charge in [0.25, 0.3) is 0 Å². The molecule has 2 heterocycles. The highest BCUT2D eigenvalue weighted by Gasteiger charge is 2.28. The van der Waals surface area contributed by atoms with Crippen LogP contribution in [0, 0.1) is 0 Å². The van der Waals surface area contributed by atoms with E-state index in [1.807, 2.05) is 20.8 Å². The normalized spacial score (nSPS) is 12.4. The summed E-state index contributed by atoms with van der Waals surface area (Å²) in [5.74, 6) is 0.715. The van der Waals surface area contributed by atoms with Crippen LogP contribution in [0.5, 0.6) is 0 Å². The van der Waals surface area contributed by atoms with E-state index in [1.165, 1.54) is 27.6 Å². The van der Waals surface area contributed by atoms with Crippen molar-refractivity contribution in [1.82, 2.24) is 34.7 Å². The minimum atomic E-state index is -3.88. The van der Waals surface area contributed by atoms with Crippen LogP contribution < -0.4 is 0 Å². The molecule has 0 bridgehead atoms. The summed E-state index contributed by atoms with van der Waals surface area (Å²) in [6.07, 6.45) is 1.34. The molecule has 0 aliphatic rings. The number of sulfonamides is 1. The summed E-state index contributed by atoms with van der Waals surface area (Å²) in [7, 11) is -3.88. The first-order chi connectivity index (χ1) is 15.6. The molecule has 12 heteroatoms. The van der Waals surface area contributed by atoms with Crippen molar-refractivity contribution in [3.05, 3.63) is 77.2 Å². The Balaban J connectivity index is 1.64. The van der Waals surface area contributed by atoms with E-state index in [2.05, 4.69) is 25.6 Å². The first-order valence-electron chi connectivity index (χ1n) is 10.0. The average molecular weight is 488 g/mol. The fourth-order valence-electron chi connectivity index (χ4n) is 2.99. The highest BCUT2D eigenvalue weighted by atomic mass is 35.5. The van der Waals surface area contributed by atoms with E-state index in [0.717, 1.165) is 5.56 Å². The standard InChI is InChI=1S/C21H22ClN7O3S/c1-21(2,3)20-25-19(26-32-20)13-28(33(30,31)18-10-6-16(22)7-11-18)12-15-4-8-17(9-5-15)29-24-14-23-27-29/h4-11,14H,12-13H2,1-3H3. The molecule has 0 saturated heterocycles. The van der Waals surface area contributed by atoms with Crippen molar-refractivity contribution in [1.29, 1.82) is 0 Å². The minimum absolute atomic E-state index is 0.0586. The van der Waals surface area contributed by atoms with Gasteiger partial charge < -0.3 is 4.52 Å². The molecule has 0 saturated carbocycles. The van der Waals surface area contributed by atoms with Gasteiger partial charge in [0.2, 0.25) is 15.9 Å². The molecule has 2 aromatic heterocycles. The Kier molecular flexibility index (Phi) is 6.28. The second kappa shape index (κ2) is 9.00. The van der Waals surface area contributed by atoms with Crippen molar-refractivity contribution < 1.29 is 12.9 Å². The molecular weight excluding hydrogens is 466 g/mol. The fraction of sp³-hybridized carbons (Fsp3) is 0.286. The van der Waals surface area contributed by atoms with E-state index in [9.17, 15) is 8.42 Å². The fourth-order valence-corrected chi connectivity index (χ4v) is 4.49. The number of benzene rings is 2. The Bertz CT molecular complexity index is 1310. The molecule has 0 spiro atoms. The van der Waals surface area contributed by atoms with Crippen molar-refractivity contribution in [2.75, 3.05) is 0 Å². The Morgan fingerprint density at radius 1 is 1.03 bits per heavy atom. The summed E-state index contributed by atoms with van der Waals surface area (Å²) in [6, 6.07) is 13.2. The molecule has 4 rings (SSSR count). The molecule has 0 unspecified atom stereocenters. The Hall–Kier alpha value is -3.15. The van der Waals surface area contributed by atoms with E-state index in [0.29, 0.717) is 16.6 Å². The predicted octanol–water partition coefficient (Wildman–Crippen LogP) is 3.39. The third kappa shape index (κ3) is 5.27. The first-order valence-corrected chi connectivity index (χ1v) is 11.9. The minimum Gasteiger partial charge on any atom is -0.339 e.